The van der Waals surface area contributed by atoms with Crippen LogP contribution in [0.2, 0.25) is 0 Å². The monoisotopic (exact) mass is 250 g/mol. The van der Waals surface area contributed by atoms with Gasteiger partial charge in [-0.3, -0.25) is 0 Å². The van der Waals surface area contributed by atoms with Crippen LogP contribution in [0.15, 0.2) is 22.6 Å². The number of oxazole rings is 1. The van der Waals surface area contributed by atoms with Gasteiger partial charge in [-0.15, -0.1) is 0 Å². The van der Waals surface area contributed by atoms with Crippen LogP contribution in [0, 0.1) is 5.82 Å². The number of rotatable bonds is 4. The Balaban J connectivity index is 2.41. The molecule has 0 fully saturated rings. The molecular weight excluding hydrogens is 235 g/mol. The maximum absolute atomic E-state index is 13.7. The minimum atomic E-state index is -0.425. The molecule has 5 heteroatoms. The molecule has 0 atom stereocenters. The van der Waals surface area contributed by atoms with Gasteiger partial charge in [0, 0.05) is 5.56 Å². The summed E-state index contributed by atoms with van der Waals surface area (Å²) in [5, 5.41) is 0. The topological polar surface area (TPSA) is 61.3 Å². The molecule has 0 saturated carbocycles. The molecule has 0 aliphatic heterocycles. The fourth-order valence-electron chi connectivity index (χ4n) is 1.75. The van der Waals surface area contributed by atoms with Crippen molar-refractivity contribution in [2.75, 3.05) is 12.3 Å². The summed E-state index contributed by atoms with van der Waals surface area (Å²) in [7, 11) is 0. The van der Waals surface area contributed by atoms with Crippen molar-refractivity contribution < 1.29 is 13.5 Å². The standard InChI is InChI=1S/C13H15FN2O2/c1-3-10-12(18-13(15)16-10)8-5-6-11(17-4-2)9(14)7-8/h5-7H,3-4H2,1-2H3,(H2,15,16). The number of halogens is 1. The zero-order valence-electron chi connectivity index (χ0n) is 10.4. The van der Waals surface area contributed by atoms with E-state index in [-0.39, 0.29) is 11.8 Å². The first kappa shape index (κ1) is 12.4. The van der Waals surface area contributed by atoms with Gasteiger partial charge in [0.05, 0.1) is 12.3 Å². The van der Waals surface area contributed by atoms with E-state index in [1.54, 1.807) is 19.1 Å². The Kier molecular flexibility index (Phi) is 3.50. The molecule has 0 spiro atoms. The molecule has 0 amide bonds. The molecule has 0 aliphatic carbocycles. The van der Waals surface area contributed by atoms with Gasteiger partial charge < -0.3 is 14.9 Å². The van der Waals surface area contributed by atoms with Gasteiger partial charge >= 0.3 is 0 Å². The third kappa shape index (κ3) is 2.30. The number of nitrogen functional groups attached to an aromatic ring is 1. The largest absolute Gasteiger partial charge is 0.491 e. The fourth-order valence-corrected chi connectivity index (χ4v) is 1.75. The maximum Gasteiger partial charge on any atom is 0.292 e. The number of ether oxygens (including phenoxy) is 1. The summed E-state index contributed by atoms with van der Waals surface area (Å²) in [6.07, 6.45) is 0.671. The summed E-state index contributed by atoms with van der Waals surface area (Å²) in [5.41, 5.74) is 6.84. The predicted molar refractivity (Wildman–Crippen MR) is 66.9 cm³/mol. The lowest BCUT2D eigenvalue weighted by atomic mass is 10.1. The Hall–Kier alpha value is -2.04. The number of benzene rings is 1. The first-order valence-electron chi connectivity index (χ1n) is 5.83. The molecule has 96 valence electrons. The molecule has 0 unspecified atom stereocenters. The van der Waals surface area contributed by atoms with Gasteiger partial charge in [-0.1, -0.05) is 6.92 Å². The zero-order valence-corrected chi connectivity index (χ0v) is 10.4. The van der Waals surface area contributed by atoms with Crippen molar-refractivity contribution in [2.24, 2.45) is 0 Å². The predicted octanol–water partition coefficient (Wildman–Crippen LogP) is 3.02. The smallest absolute Gasteiger partial charge is 0.292 e. The molecule has 2 N–H and O–H groups in total. The molecule has 4 nitrogen and oxygen atoms in total. The fraction of sp³-hybridized carbons (Fsp3) is 0.308. The van der Waals surface area contributed by atoms with E-state index in [1.165, 1.54) is 6.07 Å². The highest BCUT2D eigenvalue weighted by Crippen LogP contribution is 2.29. The second-order valence-electron chi connectivity index (χ2n) is 3.76. The lowest BCUT2D eigenvalue weighted by molar-refractivity contribution is 0.321. The Morgan fingerprint density at radius 2 is 2.17 bits per heavy atom. The molecular formula is C13H15FN2O2. The van der Waals surface area contributed by atoms with Crippen LogP contribution >= 0.6 is 0 Å². The molecule has 0 aliphatic rings. The number of hydrogen-bond acceptors (Lipinski definition) is 4. The lowest BCUT2D eigenvalue weighted by Crippen LogP contribution is -1.95. The lowest BCUT2D eigenvalue weighted by Gasteiger charge is -2.05. The van der Waals surface area contributed by atoms with Crippen molar-refractivity contribution in [3.63, 3.8) is 0 Å². The second kappa shape index (κ2) is 5.08. The van der Waals surface area contributed by atoms with Crippen LogP contribution in [0.3, 0.4) is 0 Å². The molecule has 2 aromatic rings. The summed E-state index contributed by atoms with van der Waals surface area (Å²) in [6.45, 7) is 4.16. The number of aryl methyl sites for hydroxylation is 1. The van der Waals surface area contributed by atoms with Gasteiger partial charge in [0.1, 0.15) is 0 Å². The highest BCUT2D eigenvalue weighted by atomic mass is 19.1. The van der Waals surface area contributed by atoms with Crippen LogP contribution in [0.4, 0.5) is 10.4 Å². The zero-order chi connectivity index (χ0) is 13.1. The minimum Gasteiger partial charge on any atom is -0.491 e. The van der Waals surface area contributed by atoms with E-state index in [4.69, 9.17) is 14.9 Å². The Morgan fingerprint density at radius 3 is 2.78 bits per heavy atom. The third-order valence-electron chi connectivity index (χ3n) is 2.54. The minimum absolute atomic E-state index is 0.0937. The van der Waals surface area contributed by atoms with Crippen molar-refractivity contribution in [1.29, 1.82) is 0 Å². The van der Waals surface area contributed by atoms with Gasteiger partial charge in [0.2, 0.25) is 0 Å². The van der Waals surface area contributed by atoms with E-state index in [0.717, 1.165) is 5.69 Å². The normalized spacial score (nSPS) is 10.6. The van der Waals surface area contributed by atoms with Crippen LogP contribution < -0.4 is 10.5 Å². The van der Waals surface area contributed by atoms with Crippen LogP contribution in [-0.4, -0.2) is 11.6 Å². The number of anilines is 1. The molecule has 1 aromatic carbocycles. The van der Waals surface area contributed by atoms with Gasteiger partial charge in [-0.05, 0) is 31.5 Å². The summed E-state index contributed by atoms with van der Waals surface area (Å²) in [6, 6.07) is 4.76. The van der Waals surface area contributed by atoms with Gasteiger partial charge in [0.25, 0.3) is 6.01 Å². The molecule has 1 heterocycles. The first-order valence-corrected chi connectivity index (χ1v) is 5.83. The average molecular weight is 250 g/mol. The highest BCUT2D eigenvalue weighted by Gasteiger charge is 2.14. The summed E-state index contributed by atoms with van der Waals surface area (Å²) in [4.78, 5) is 4.05. The van der Waals surface area contributed by atoms with Crippen LogP contribution in [0.1, 0.15) is 19.5 Å². The van der Waals surface area contributed by atoms with E-state index in [1.807, 2.05) is 6.92 Å². The molecule has 2 rings (SSSR count). The molecule has 0 saturated heterocycles. The SMILES string of the molecule is CCOc1ccc(-c2oc(N)nc2CC)cc1F. The second-order valence-corrected chi connectivity index (χ2v) is 3.76. The van der Waals surface area contributed by atoms with Gasteiger partial charge in [0.15, 0.2) is 17.3 Å². The molecule has 18 heavy (non-hydrogen) atoms. The maximum atomic E-state index is 13.7. The third-order valence-corrected chi connectivity index (χ3v) is 2.54. The average Bonchev–Trinajstić information content (AvgIpc) is 2.73. The van der Waals surface area contributed by atoms with E-state index in [0.29, 0.717) is 24.4 Å². The number of aromatic nitrogens is 1. The van der Waals surface area contributed by atoms with Crippen molar-refractivity contribution >= 4 is 6.01 Å². The van der Waals surface area contributed by atoms with E-state index in [9.17, 15) is 4.39 Å². The van der Waals surface area contributed by atoms with Gasteiger partial charge in [-0.25, -0.2) is 4.39 Å². The van der Waals surface area contributed by atoms with Crippen molar-refractivity contribution in [3.8, 4) is 17.1 Å². The molecule has 0 radical (unpaired) electrons. The Bertz CT molecular complexity index is 552. The van der Waals surface area contributed by atoms with Crippen molar-refractivity contribution in [1.82, 2.24) is 4.98 Å². The quantitative estimate of drug-likeness (QED) is 0.906. The van der Waals surface area contributed by atoms with Crippen molar-refractivity contribution in [3.05, 3.63) is 29.7 Å². The highest BCUT2D eigenvalue weighted by molar-refractivity contribution is 5.62. The van der Waals surface area contributed by atoms with Gasteiger partial charge in [-0.2, -0.15) is 4.98 Å². The van der Waals surface area contributed by atoms with Crippen LogP contribution in [0.5, 0.6) is 5.75 Å². The Labute approximate surface area is 105 Å². The first-order chi connectivity index (χ1) is 8.65. The van der Waals surface area contributed by atoms with Crippen LogP contribution in [-0.2, 0) is 6.42 Å². The molecule has 1 aromatic heterocycles. The van der Waals surface area contributed by atoms with E-state index >= 15 is 0 Å². The number of nitrogens with two attached hydrogens (primary N) is 1. The number of hydrogen-bond donors (Lipinski definition) is 1. The summed E-state index contributed by atoms with van der Waals surface area (Å²) >= 11 is 0. The Morgan fingerprint density at radius 1 is 1.39 bits per heavy atom. The molecule has 0 bridgehead atoms. The van der Waals surface area contributed by atoms with Crippen molar-refractivity contribution in [2.45, 2.75) is 20.3 Å². The van der Waals surface area contributed by atoms with E-state index in [2.05, 4.69) is 4.98 Å². The van der Waals surface area contributed by atoms with E-state index < -0.39 is 5.82 Å². The summed E-state index contributed by atoms with van der Waals surface area (Å²) in [5.74, 6) is 0.315. The summed E-state index contributed by atoms with van der Waals surface area (Å²) < 4.78 is 24.2. The van der Waals surface area contributed by atoms with Crippen LogP contribution in [0.25, 0.3) is 11.3 Å². The number of nitrogens with zero attached hydrogens (tertiary/aromatic N) is 1.